The summed E-state index contributed by atoms with van der Waals surface area (Å²) in [5.74, 6) is 1.19. The van der Waals surface area contributed by atoms with E-state index in [0.29, 0.717) is 5.82 Å². The minimum Gasteiger partial charge on any atom is -0.383 e. The number of nitrogens with one attached hydrogen (secondary N) is 2. The van der Waals surface area contributed by atoms with E-state index in [4.69, 9.17) is 5.73 Å². The summed E-state index contributed by atoms with van der Waals surface area (Å²) >= 11 is 0. The predicted molar refractivity (Wildman–Crippen MR) is 63.1 cm³/mol. The van der Waals surface area contributed by atoms with Crippen molar-refractivity contribution in [3.8, 4) is 11.3 Å². The fourth-order valence-corrected chi connectivity index (χ4v) is 1.80. The molecule has 3 heterocycles. The molecular formula is C10H11N7. The lowest BCUT2D eigenvalue weighted by Gasteiger charge is -2.00. The van der Waals surface area contributed by atoms with Crippen molar-refractivity contribution in [3.05, 3.63) is 18.2 Å². The number of hydrogen-bond acceptors (Lipinski definition) is 5. The van der Waals surface area contributed by atoms with Crippen LogP contribution in [-0.2, 0) is 6.42 Å². The number of nitrogen functional groups attached to an aromatic ring is 1. The lowest BCUT2D eigenvalue weighted by atomic mass is 10.2. The first-order chi connectivity index (χ1) is 8.29. The molecule has 4 N–H and O–H groups in total. The topological polar surface area (TPSA) is 109 Å². The first-order valence-electron chi connectivity index (χ1n) is 5.30. The molecule has 0 saturated carbocycles. The summed E-state index contributed by atoms with van der Waals surface area (Å²) in [6, 6.07) is 0. The summed E-state index contributed by atoms with van der Waals surface area (Å²) in [5, 5.41) is 11.1. The van der Waals surface area contributed by atoms with Crippen LogP contribution >= 0.6 is 0 Å². The highest BCUT2D eigenvalue weighted by Gasteiger charge is 2.14. The van der Waals surface area contributed by atoms with Crippen molar-refractivity contribution >= 4 is 16.9 Å². The SMILES string of the molecule is CCc1nc(N)c2c(-c3c[nH]nn3)c[nH]c2n1. The number of H-pyrrole nitrogens is 2. The van der Waals surface area contributed by atoms with E-state index in [1.54, 1.807) is 6.20 Å². The van der Waals surface area contributed by atoms with Crippen LogP contribution in [0, 0.1) is 0 Å². The van der Waals surface area contributed by atoms with Crippen molar-refractivity contribution in [1.82, 2.24) is 30.4 Å². The van der Waals surface area contributed by atoms with Crippen molar-refractivity contribution in [2.75, 3.05) is 5.73 Å². The van der Waals surface area contributed by atoms with E-state index >= 15 is 0 Å². The van der Waals surface area contributed by atoms with E-state index in [0.717, 1.165) is 34.5 Å². The average Bonchev–Trinajstić information content (AvgIpc) is 2.96. The summed E-state index contributed by atoms with van der Waals surface area (Å²) in [5.41, 5.74) is 8.26. The van der Waals surface area contributed by atoms with Crippen LogP contribution in [0.1, 0.15) is 12.7 Å². The molecular weight excluding hydrogens is 218 g/mol. The number of aryl methyl sites for hydroxylation is 1. The van der Waals surface area contributed by atoms with Gasteiger partial charge in [-0.3, -0.25) is 5.10 Å². The van der Waals surface area contributed by atoms with E-state index in [1.807, 2.05) is 13.1 Å². The van der Waals surface area contributed by atoms with E-state index in [-0.39, 0.29) is 0 Å². The number of nitrogens with two attached hydrogens (primary N) is 1. The van der Waals surface area contributed by atoms with Crippen LogP contribution in [0.25, 0.3) is 22.3 Å². The van der Waals surface area contributed by atoms with E-state index in [2.05, 4.69) is 30.4 Å². The van der Waals surface area contributed by atoms with Gasteiger partial charge in [-0.2, -0.15) is 0 Å². The smallest absolute Gasteiger partial charge is 0.143 e. The third kappa shape index (κ3) is 1.43. The molecule has 3 rings (SSSR count). The quantitative estimate of drug-likeness (QED) is 0.604. The molecule has 0 unspecified atom stereocenters. The van der Waals surface area contributed by atoms with Crippen molar-refractivity contribution in [3.63, 3.8) is 0 Å². The second-order valence-corrected chi connectivity index (χ2v) is 3.66. The van der Waals surface area contributed by atoms with Gasteiger partial charge in [0.05, 0.1) is 11.6 Å². The highest BCUT2D eigenvalue weighted by Crippen LogP contribution is 2.29. The molecule has 7 heteroatoms. The number of aromatic amines is 2. The lowest BCUT2D eigenvalue weighted by molar-refractivity contribution is 0.942. The van der Waals surface area contributed by atoms with Crippen LogP contribution in [0.2, 0.25) is 0 Å². The van der Waals surface area contributed by atoms with Crippen molar-refractivity contribution < 1.29 is 0 Å². The Balaban J connectivity index is 2.29. The zero-order chi connectivity index (χ0) is 11.8. The van der Waals surface area contributed by atoms with Crippen molar-refractivity contribution in [2.24, 2.45) is 0 Å². The van der Waals surface area contributed by atoms with Gasteiger partial charge in [-0.15, -0.1) is 5.10 Å². The van der Waals surface area contributed by atoms with Crippen LogP contribution in [-0.4, -0.2) is 30.4 Å². The fraction of sp³-hybridized carbons (Fsp3) is 0.200. The Hall–Kier alpha value is -2.44. The fourth-order valence-electron chi connectivity index (χ4n) is 1.80. The third-order valence-corrected chi connectivity index (χ3v) is 2.61. The molecule has 7 nitrogen and oxygen atoms in total. The zero-order valence-corrected chi connectivity index (χ0v) is 9.23. The molecule has 86 valence electrons. The van der Waals surface area contributed by atoms with Gasteiger partial charge in [-0.05, 0) is 0 Å². The maximum absolute atomic E-state index is 5.95. The molecule has 0 aliphatic carbocycles. The van der Waals surface area contributed by atoms with Crippen LogP contribution in [0.4, 0.5) is 5.82 Å². The minimum absolute atomic E-state index is 0.464. The first-order valence-corrected chi connectivity index (χ1v) is 5.30. The zero-order valence-electron chi connectivity index (χ0n) is 9.23. The summed E-state index contributed by atoms with van der Waals surface area (Å²) < 4.78 is 0. The Bertz CT molecular complexity index is 653. The van der Waals surface area contributed by atoms with Gasteiger partial charge in [-0.1, -0.05) is 12.1 Å². The molecule has 0 fully saturated rings. The second kappa shape index (κ2) is 3.55. The van der Waals surface area contributed by atoms with Gasteiger partial charge in [0.2, 0.25) is 0 Å². The molecule has 0 amide bonds. The highest BCUT2D eigenvalue weighted by atomic mass is 15.3. The number of aromatic nitrogens is 6. The van der Waals surface area contributed by atoms with Gasteiger partial charge in [0.25, 0.3) is 0 Å². The Morgan fingerprint density at radius 1 is 1.29 bits per heavy atom. The maximum Gasteiger partial charge on any atom is 0.143 e. The standard InChI is InChI=1S/C10H11N7/c1-2-7-14-9(11)8-5(3-12-10(8)15-7)6-4-13-17-16-6/h3-4H,2H2,1H3,(H,13,16,17)(H3,11,12,14,15). The van der Waals surface area contributed by atoms with Gasteiger partial charge in [-0.25, -0.2) is 9.97 Å². The maximum atomic E-state index is 5.95. The number of hydrogen-bond donors (Lipinski definition) is 3. The van der Waals surface area contributed by atoms with Crippen LogP contribution in [0.5, 0.6) is 0 Å². The van der Waals surface area contributed by atoms with Gasteiger partial charge >= 0.3 is 0 Å². The normalized spacial score (nSPS) is 11.1. The predicted octanol–water partition coefficient (Wildman–Crippen LogP) is 0.888. The molecule has 0 spiro atoms. The number of nitrogens with zero attached hydrogens (tertiary/aromatic N) is 4. The molecule has 0 aliphatic heterocycles. The summed E-state index contributed by atoms with van der Waals surface area (Å²) in [7, 11) is 0. The average molecular weight is 229 g/mol. The Labute approximate surface area is 96.5 Å². The van der Waals surface area contributed by atoms with Crippen LogP contribution < -0.4 is 5.73 Å². The molecule has 3 aromatic rings. The molecule has 0 saturated heterocycles. The first kappa shape index (κ1) is 9.76. The molecule has 0 atom stereocenters. The Morgan fingerprint density at radius 3 is 2.88 bits per heavy atom. The van der Waals surface area contributed by atoms with E-state index in [9.17, 15) is 0 Å². The summed E-state index contributed by atoms with van der Waals surface area (Å²) in [6.07, 6.45) is 4.27. The minimum atomic E-state index is 0.464. The molecule has 0 aliphatic rings. The highest BCUT2D eigenvalue weighted by molar-refractivity contribution is 5.99. The van der Waals surface area contributed by atoms with Gasteiger partial charge in [0.15, 0.2) is 0 Å². The number of fused-ring (bicyclic) bond motifs is 1. The van der Waals surface area contributed by atoms with Crippen LogP contribution in [0.15, 0.2) is 12.4 Å². The molecule has 3 aromatic heterocycles. The second-order valence-electron chi connectivity index (χ2n) is 3.66. The lowest BCUT2D eigenvalue weighted by Crippen LogP contribution is -1.99. The van der Waals surface area contributed by atoms with E-state index in [1.165, 1.54) is 0 Å². The molecule has 0 bridgehead atoms. The largest absolute Gasteiger partial charge is 0.383 e. The van der Waals surface area contributed by atoms with Gasteiger partial charge < -0.3 is 10.7 Å². The molecule has 17 heavy (non-hydrogen) atoms. The monoisotopic (exact) mass is 229 g/mol. The van der Waals surface area contributed by atoms with Crippen LogP contribution in [0.3, 0.4) is 0 Å². The Kier molecular flexibility index (Phi) is 2.04. The van der Waals surface area contributed by atoms with Gasteiger partial charge in [0, 0.05) is 18.2 Å². The Morgan fingerprint density at radius 2 is 2.18 bits per heavy atom. The molecule has 0 radical (unpaired) electrons. The van der Waals surface area contributed by atoms with Crippen molar-refractivity contribution in [1.29, 1.82) is 0 Å². The number of anilines is 1. The summed E-state index contributed by atoms with van der Waals surface area (Å²) in [4.78, 5) is 11.7. The summed E-state index contributed by atoms with van der Waals surface area (Å²) in [6.45, 7) is 1.99. The van der Waals surface area contributed by atoms with Crippen molar-refractivity contribution in [2.45, 2.75) is 13.3 Å². The number of rotatable bonds is 2. The van der Waals surface area contributed by atoms with Gasteiger partial charge in [0.1, 0.15) is 23.0 Å². The van der Waals surface area contributed by atoms with E-state index < -0.39 is 0 Å². The molecule has 0 aromatic carbocycles. The third-order valence-electron chi connectivity index (χ3n) is 2.61.